The van der Waals surface area contributed by atoms with Crippen molar-refractivity contribution in [1.29, 1.82) is 0 Å². The maximum absolute atomic E-state index is 9.35. The minimum absolute atomic E-state index is 0.227. The molecule has 1 atom stereocenters. The zero-order valence-corrected chi connectivity index (χ0v) is 11.4. The number of rotatable bonds is 3. The van der Waals surface area contributed by atoms with Crippen LogP contribution < -0.4 is 0 Å². The second-order valence-electron chi connectivity index (χ2n) is 5.15. The summed E-state index contributed by atoms with van der Waals surface area (Å²) in [4.78, 5) is 0. The molecule has 0 fully saturated rings. The molecule has 6 nitrogen and oxygen atoms in total. The number of hydrogen-bond acceptors (Lipinski definition) is 4. The summed E-state index contributed by atoms with van der Waals surface area (Å²) in [7, 11) is 1.92. The van der Waals surface area contributed by atoms with Gasteiger partial charge in [-0.25, -0.2) is 0 Å². The molecule has 6 heteroatoms. The Kier molecular flexibility index (Phi) is 3.10. The van der Waals surface area contributed by atoms with Gasteiger partial charge in [0, 0.05) is 38.7 Å². The van der Waals surface area contributed by atoms with Crippen LogP contribution in [0.3, 0.4) is 0 Å². The molecule has 0 saturated heterocycles. The highest BCUT2D eigenvalue weighted by atomic mass is 16.3. The molecule has 3 heterocycles. The average molecular weight is 261 g/mol. The van der Waals surface area contributed by atoms with E-state index in [9.17, 15) is 5.11 Å². The van der Waals surface area contributed by atoms with Crippen LogP contribution in [-0.4, -0.2) is 36.3 Å². The molecule has 0 amide bonds. The van der Waals surface area contributed by atoms with Crippen molar-refractivity contribution in [2.75, 3.05) is 6.61 Å². The topological polar surface area (TPSA) is 68.8 Å². The first kappa shape index (κ1) is 12.3. The smallest absolute Gasteiger partial charge is 0.167 e. The molecule has 19 heavy (non-hydrogen) atoms. The van der Waals surface area contributed by atoms with Crippen LogP contribution in [0.15, 0.2) is 6.20 Å². The highest BCUT2D eigenvalue weighted by molar-refractivity contribution is 5.57. The molecule has 3 rings (SSSR count). The van der Waals surface area contributed by atoms with E-state index in [0.717, 1.165) is 48.7 Å². The zero-order valence-electron chi connectivity index (χ0n) is 11.4. The minimum atomic E-state index is 0.227. The number of nitrogens with zero attached hydrogens (tertiary/aromatic N) is 5. The first-order valence-corrected chi connectivity index (χ1v) is 6.78. The van der Waals surface area contributed by atoms with E-state index in [-0.39, 0.29) is 6.61 Å². The number of aryl methyl sites for hydroxylation is 3. The number of aliphatic hydroxyl groups excluding tert-OH is 1. The third kappa shape index (κ3) is 2.06. The SMILES string of the molecule is CCc1nn(C)cc1-c1nnc2n1CC(CO)CC2. The molecule has 1 aliphatic heterocycles. The lowest BCUT2D eigenvalue weighted by Crippen LogP contribution is -2.23. The number of fused-ring (bicyclic) bond motifs is 1. The quantitative estimate of drug-likeness (QED) is 0.887. The monoisotopic (exact) mass is 261 g/mol. The van der Waals surface area contributed by atoms with Crippen LogP contribution in [-0.2, 0) is 26.4 Å². The Hall–Kier alpha value is -1.69. The Morgan fingerprint density at radius 2 is 2.26 bits per heavy atom. The van der Waals surface area contributed by atoms with E-state index < -0.39 is 0 Å². The average Bonchev–Trinajstić information content (AvgIpc) is 3.00. The molecular formula is C13H19N5O. The molecule has 1 unspecified atom stereocenters. The molecule has 102 valence electrons. The van der Waals surface area contributed by atoms with Gasteiger partial charge in [-0.05, 0) is 12.8 Å². The summed E-state index contributed by atoms with van der Waals surface area (Å²) >= 11 is 0. The molecule has 0 aliphatic carbocycles. The molecule has 0 spiro atoms. The largest absolute Gasteiger partial charge is 0.396 e. The van der Waals surface area contributed by atoms with Gasteiger partial charge in [-0.1, -0.05) is 6.92 Å². The summed E-state index contributed by atoms with van der Waals surface area (Å²) in [6.07, 6.45) is 4.75. The molecule has 0 radical (unpaired) electrons. The fourth-order valence-electron chi connectivity index (χ4n) is 2.73. The molecule has 1 N–H and O–H groups in total. The Morgan fingerprint density at radius 1 is 1.42 bits per heavy atom. The van der Waals surface area contributed by atoms with Crippen LogP contribution in [0.2, 0.25) is 0 Å². The lowest BCUT2D eigenvalue weighted by molar-refractivity contribution is 0.191. The predicted octanol–water partition coefficient (Wildman–Crippen LogP) is 0.796. The van der Waals surface area contributed by atoms with Crippen molar-refractivity contribution in [3.8, 4) is 11.4 Å². The van der Waals surface area contributed by atoms with Crippen molar-refractivity contribution >= 4 is 0 Å². The molecule has 0 aromatic carbocycles. The third-order valence-corrected chi connectivity index (χ3v) is 3.78. The molecule has 1 aliphatic rings. The van der Waals surface area contributed by atoms with E-state index in [1.54, 1.807) is 0 Å². The lowest BCUT2D eigenvalue weighted by atomic mass is 10.00. The van der Waals surface area contributed by atoms with Crippen LogP contribution in [0.4, 0.5) is 0 Å². The summed E-state index contributed by atoms with van der Waals surface area (Å²) < 4.78 is 3.96. The first-order chi connectivity index (χ1) is 9.22. The van der Waals surface area contributed by atoms with Crippen LogP contribution in [0.25, 0.3) is 11.4 Å². The summed E-state index contributed by atoms with van der Waals surface area (Å²) in [5.41, 5.74) is 2.10. The maximum atomic E-state index is 9.35. The normalized spacial score (nSPS) is 18.6. The van der Waals surface area contributed by atoms with Gasteiger partial charge in [0.1, 0.15) is 5.82 Å². The van der Waals surface area contributed by atoms with Gasteiger partial charge >= 0.3 is 0 Å². The van der Waals surface area contributed by atoms with E-state index in [0.29, 0.717) is 5.92 Å². The fraction of sp³-hybridized carbons (Fsp3) is 0.615. The van der Waals surface area contributed by atoms with Crippen molar-refractivity contribution in [2.24, 2.45) is 13.0 Å². The Morgan fingerprint density at radius 3 is 3.00 bits per heavy atom. The number of aromatic nitrogens is 5. The van der Waals surface area contributed by atoms with E-state index >= 15 is 0 Å². The Bertz CT molecular complexity index is 586. The molecular weight excluding hydrogens is 242 g/mol. The Balaban J connectivity index is 2.04. The first-order valence-electron chi connectivity index (χ1n) is 6.78. The van der Waals surface area contributed by atoms with Crippen molar-refractivity contribution < 1.29 is 5.11 Å². The fourth-order valence-corrected chi connectivity index (χ4v) is 2.73. The van der Waals surface area contributed by atoms with Gasteiger partial charge in [0.25, 0.3) is 0 Å². The summed E-state index contributed by atoms with van der Waals surface area (Å²) in [6, 6.07) is 0. The zero-order chi connectivity index (χ0) is 13.4. The van der Waals surface area contributed by atoms with Crippen molar-refractivity contribution in [2.45, 2.75) is 32.7 Å². The van der Waals surface area contributed by atoms with Crippen LogP contribution in [0.5, 0.6) is 0 Å². The minimum Gasteiger partial charge on any atom is -0.396 e. The Labute approximate surface area is 112 Å². The van der Waals surface area contributed by atoms with Crippen molar-refractivity contribution in [1.82, 2.24) is 24.5 Å². The highest BCUT2D eigenvalue weighted by Crippen LogP contribution is 2.27. The second kappa shape index (κ2) is 4.77. The van der Waals surface area contributed by atoms with E-state index in [1.807, 2.05) is 17.9 Å². The highest BCUT2D eigenvalue weighted by Gasteiger charge is 2.24. The third-order valence-electron chi connectivity index (χ3n) is 3.78. The molecule has 2 aromatic heterocycles. The number of hydrogen-bond donors (Lipinski definition) is 1. The summed E-state index contributed by atoms with van der Waals surface area (Å²) in [5.74, 6) is 2.22. The van der Waals surface area contributed by atoms with Crippen molar-refractivity contribution in [3.05, 3.63) is 17.7 Å². The van der Waals surface area contributed by atoms with Crippen molar-refractivity contribution in [3.63, 3.8) is 0 Å². The van der Waals surface area contributed by atoms with Gasteiger partial charge in [-0.15, -0.1) is 10.2 Å². The van der Waals surface area contributed by atoms with Gasteiger partial charge in [-0.3, -0.25) is 4.68 Å². The van der Waals surface area contributed by atoms with Gasteiger partial charge in [0.05, 0.1) is 11.3 Å². The van der Waals surface area contributed by atoms with Crippen LogP contribution in [0, 0.1) is 5.92 Å². The summed E-state index contributed by atoms with van der Waals surface area (Å²) in [5, 5.41) is 22.4. The van der Waals surface area contributed by atoms with E-state index in [2.05, 4.69) is 26.8 Å². The van der Waals surface area contributed by atoms with Crippen LogP contribution >= 0.6 is 0 Å². The standard InChI is InChI=1S/C13H19N5O/c1-3-11-10(7-17(2)16-11)13-15-14-12-5-4-9(8-19)6-18(12)13/h7,9,19H,3-6,8H2,1-2H3. The second-order valence-corrected chi connectivity index (χ2v) is 5.15. The molecule has 2 aromatic rings. The van der Waals surface area contributed by atoms with E-state index in [1.165, 1.54) is 0 Å². The predicted molar refractivity (Wildman–Crippen MR) is 70.5 cm³/mol. The number of aliphatic hydroxyl groups is 1. The maximum Gasteiger partial charge on any atom is 0.167 e. The summed E-state index contributed by atoms with van der Waals surface area (Å²) in [6.45, 7) is 3.12. The van der Waals surface area contributed by atoms with Gasteiger partial charge in [0.15, 0.2) is 5.82 Å². The van der Waals surface area contributed by atoms with Gasteiger partial charge < -0.3 is 9.67 Å². The van der Waals surface area contributed by atoms with E-state index in [4.69, 9.17) is 0 Å². The molecule has 0 saturated carbocycles. The van der Waals surface area contributed by atoms with Crippen LogP contribution in [0.1, 0.15) is 24.9 Å². The molecule has 0 bridgehead atoms. The lowest BCUT2D eigenvalue weighted by Gasteiger charge is -2.22. The van der Waals surface area contributed by atoms with Gasteiger partial charge in [0.2, 0.25) is 0 Å². The van der Waals surface area contributed by atoms with Gasteiger partial charge in [-0.2, -0.15) is 5.10 Å².